The van der Waals surface area contributed by atoms with Crippen LogP contribution in [0.4, 0.5) is 13.2 Å². The topological polar surface area (TPSA) is 56.7 Å². The average Bonchev–Trinajstić information content (AvgIpc) is 3.11. The van der Waals surface area contributed by atoms with E-state index in [-0.39, 0.29) is 10.9 Å². The zero-order chi connectivity index (χ0) is 17.3. The lowest BCUT2D eigenvalue weighted by molar-refractivity contribution is -0.147. The van der Waals surface area contributed by atoms with Crippen LogP contribution >= 0.6 is 23.4 Å². The summed E-state index contributed by atoms with van der Waals surface area (Å²) >= 11 is 6.98. The molecule has 0 spiro atoms. The maximum Gasteiger partial charge on any atom is 0.451 e. The minimum atomic E-state index is -4.54. The number of hydrogen-bond donors (Lipinski definition) is 0. The van der Waals surface area contributed by atoms with Crippen LogP contribution < -0.4 is 0 Å². The fourth-order valence-electron chi connectivity index (χ4n) is 1.97. The Labute approximate surface area is 143 Å². The summed E-state index contributed by atoms with van der Waals surface area (Å²) in [5.74, 6) is 0.0790. The summed E-state index contributed by atoms with van der Waals surface area (Å²) in [4.78, 5) is 4.11. The van der Waals surface area contributed by atoms with Gasteiger partial charge >= 0.3 is 6.18 Å². The van der Waals surface area contributed by atoms with Crippen molar-refractivity contribution < 1.29 is 17.6 Å². The van der Waals surface area contributed by atoms with Crippen LogP contribution in [0, 0.1) is 0 Å². The van der Waals surface area contributed by atoms with Crippen molar-refractivity contribution in [2.24, 2.45) is 7.05 Å². The van der Waals surface area contributed by atoms with Gasteiger partial charge in [0.15, 0.2) is 10.9 Å². The van der Waals surface area contributed by atoms with E-state index in [2.05, 4.69) is 15.2 Å². The second-order valence-corrected chi connectivity index (χ2v) is 6.16. The van der Waals surface area contributed by atoms with Crippen molar-refractivity contribution in [3.8, 4) is 11.3 Å². The van der Waals surface area contributed by atoms with E-state index in [9.17, 15) is 13.2 Å². The molecule has 2 aromatic heterocycles. The van der Waals surface area contributed by atoms with Crippen molar-refractivity contribution in [3.05, 3.63) is 47.2 Å². The van der Waals surface area contributed by atoms with Crippen LogP contribution in [0.25, 0.3) is 11.3 Å². The second kappa shape index (κ2) is 6.48. The lowest BCUT2D eigenvalue weighted by atomic mass is 10.2. The quantitative estimate of drug-likeness (QED) is 0.632. The van der Waals surface area contributed by atoms with Gasteiger partial charge in [-0.05, 0) is 12.1 Å². The molecule has 0 bridgehead atoms. The Morgan fingerprint density at radius 2 is 2.08 bits per heavy atom. The molecule has 0 radical (unpaired) electrons. The van der Waals surface area contributed by atoms with Gasteiger partial charge in [0, 0.05) is 17.6 Å². The first-order valence-corrected chi connectivity index (χ1v) is 8.01. The van der Waals surface area contributed by atoms with Crippen LogP contribution in [0.15, 0.2) is 40.0 Å². The smallest absolute Gasteiger partial charge is 0.440 e. The van der Waals surface area contributed by atoms with Gasteiger partial charge in [-0.2, -0.15) is 13.2 Å². The lowest BCUT2D eigenvalue weighted by Crippen LogP contribution is -2.12. The fourth-order valence-corrected chi connectivity index (χ4v) is 2.92. The molecule has 24 heavy (non-hydrogen) atoms. The van der Waals surface area contributed by atoms with Gasteiger partial charge in [0.2, 0.25) is 11.7 Å². The van der Waals surface area contributed by atoms with Crippen LogP contribution in [-0.4, -0.2) is 19.7 Å². The van der Waals surface area contributed by atoms with Crippen molar-refractivity contribution in [2.75, 3.05) is 0 Å². The van der Waals surface area contributed by atoms with Crippen molar-refractivity contribution >= 4 is 23.4 Å². The van der Waals surface area contributed by atoms with E-state index in [1.54, 1.807) is 24.4 Å². The van der Waals surface area contributed by atoms with Crippen molar-refractivity contribution in [2.45, 2.75) is 17.1 Å². The largest absolute Gasteiger partial charge is 0.451 e. The minimum absolute atomic E-state index is 0.129. The molecule has 0 N–H and O–H groups in total. The van der Waals surface area contributed by atoms with Gasteiger partial charge in [-0.3, -0.25) is 0 Å². The maximum atomic E-state index is 12.7. The number of hydrogen-bond acceptors (Lipinski definition) is 5. The summed E-state index contributed by atoms with van der Waals surface area (Å²) in [5.41, 5.74) is 0.768. The summed E-state index contributed by atoms with van der Waals surface area (Å²) in [6.45, 7) is 0. The minimum Gasteiger partial charge on any atom is -0.440 e. The predicted octanol–water partition coefficient (Wildman–Crippen LogP) is 4.43. The third-order valence-corrected chi connectivity index (χ3v) is 4.32. The number of rotatable bonds is 4. The molecule has 0 saturated carbocycles. The van der Waals surface area contributed by atoms with E-state index >= 15 is 0 Å². The Balaban J connectivity index is 1.71. The Morgan fingerprint density at radius 1 is 1.29 bits per heavy atom. The van der Waals surface area contributed by atoms with E-state index in [4.69, 9.17) is 16.0 Å². The third-order valence-electron chi connectivity index (χ3n) is 3.08. The first-order valence-electron chi connectivity index (χ1n) is 6.64. The molecule has 0 unspecified atom stereocenters. The number of aromatic nitrogens is 4. The lowest BCUT2D eigenvalue weighted by Gasteiger charge is -2.05. The van der Waals surface area contributed by atoms with Crippen molar-refractivity contribution in [3.63, 3.8) is 0 Å². The summed E-state index contributed by atoms with van der Waals surface area (Å²) in [5, 5.41) is 7.40. The van der Waals surface area contributed by atoms with Gasteiger partial charge in [0.1, 0.15) is 0 Å². The first kappa shape index (κ1) is 16.8. The van der Waals surface area contributed by atoms with Crippen LogP contribution in [-0.2, 0) is 19.0 Å². The Kier molecular flexibility index (Phi) is 4.55. The Morgan fingerprint density at radius 3 is 2.75 bits per heavy atom. The molecule has 0 aliphatic heterocycles. The molecular formula is C14H10ClF3N4OS. The molecule has 0 saturated heterocycles. The van der Waals surface area contributed by atoms with Crippen LogP contribution in [0.5, 0.6) is 0 Å². The predicted molar refractivity (Wildman–Crippen MR) is 82.5 cm³/mol. The zero-order valence-electron chi connectivity index (χ0n) is 12.2. The molecule has 0 amide bonds. The van der Waals surface area contributed by atoms with Crippen molar-refractivity contribution in [1.29, 1.82) is 0 Å². The standard InChI is InChI=1S/C14H10ClF3N4OS/c1-22-12(14(16,17)18)20-21-13(22)24-7-11-19-6-10(23-11)8-3-2-4-9(15)5-8/h2-6H,7H2,1H3. The van der Waals surface area contributed by atoms with Gasteiger partial charge in [-0.1, -0.05) is 35.5 Å². The van der Waals surface area contributed by atoms with Gasteiger partial charge in [-0.25, -0.2) is 4.98 Å². The van der Waals surface area contributed by atoms with E-state index in [1.165, 1.54) is 7.05 Å². The molecule has 1 aromatic carbocycles. The second-order valence-electron chi connectivity index (χ2n) is 4.78. The van der Waals surface area contributed by atoms with Crippen LogP contribution in [0.2, 0.25) is 5.02 Å². The third kappa shape index (κ3) is 3.57. The first-order chi connectivity index (χ1) is 11.3. The molecule has 3 aromatic rings. The molecule has 0 aliphatic rings. The molecule has 5 nitrogen and oxygen atoms in total. The van der Waals surface area contributed by atoms with E-state index < -0.39 is 12.0 Å². The Hall–Kier alpha value is -2.00. The molecule has 2 heterocycles. The SMILES string of the molecule is Cn1c(SCc2ncc(-c3cccc(Cl)c3)o2)nnc1C(F)(F)F. The van der Waals surface area contributed by atoms with Gasteiger partial charge in [0.05, 0.1) is 11.9 Å². The summed E-state index contributed by atoms with van der Waals surface area (Å²) in [6, 6.07) is 7.08. The maximum absolute atomic E-state index is 12.7. The van der Waals surface area contributed by atoms with E-state index in [0.29, 0.717) is 16.7 Å². The van der Waals surface area contributed by atoms with Crippen molar-refractivity contribution in [1.82, 2.24) is 19.7 Å². The highest BCUT2D eigenvalue weighted by Gasteiger charge is 2.37. The van der Waals surface area contributed by atoms with Gasteiger partial charge < -0.3 is 8.98 Å². The number of benzene rings is 1. The highest BCUT2D eigenvalue weighted by atomic mass is 35.5. The number of nitrogens with zero attached hydrogens (tertiary/aromatic N) is 4. The number of oxazole rings is 1. The van der Waals surface area contributed by atoms with Gasteiger partial charge in [0.25, 0.3) is 0 Å². The molecule has 3 rings (SSSR count). The molecule has 0 fully saturated rings. The summed E-state index contributed by atoms with van der Waals surface area (Å²) in [7, 11) is 1.26. The molecule has 126 valence electrons. The van der Waals surface area contributed by atoms with E-state index in [1.807, 2.05) is 6.07 Å². The van der Waals surface area contributed by atoms with Crippen LogP contribution in [0.1, 0.15) is 11.7 Å². The zero-order valence-corrected chi connectivity index (χ0v) is 13.8. The highest BCUT2D eigenvalue weighted by Crippen LogP contribution is 2.31. The van der Waals surface area contributed by atoms with E-state index in [0.717, 1.165) is 21.9 Å². The van der Waals surface area contributed by atoms with Crippen LogP contribution in [0.3, 0.4) is 0 Å². The summed E-state index contributed by atoms with van der Waals surface area (Å²) in [6.07, 6.45) is -3.00. The van der Waals surface area contributed by atoms with Gasteiger partial charge in [-0.15, -0.1) is 10.2 Å². The Bertz CT molecular complexity index is 862. The fraction of sp³-hybridized carbons (Fsp3) is 0.214. The monoisotopic (exact) mass is 374 g/mol. The number of alkyl halides is 3. The molecule has 0 atom stereocenters. The molecule has 0 aliphatic carbocycles. The normalized spacial score (nSPS) is 11.9. The number of halogens is 4. The molecular weight excluding hydrogens is 365 g/mol. The average molecular weight is 375 g/mol. The molecule has 10 heteroatoms. The summed E-state index contributed by atoms with van der Waals surface area (Å²) < 4.78 is 44.5. The highest BCUT2D eigenvalue weighted by molar-refractivity contribution is 7.98. The number of thioether (sulfide) groups is 1.